The Morgan fingerprint density at radius 2 is 1.84 bits per heavy atom. The summed E-state index contributed by atoms with van der Waals surface area (Å²) >= 11 is 0. The highest BCUT2D eigenvalue weighted by molar-refractivity contribution is 5.93. The number of hydrogen-bond acceptors (Lipinski definition) is 5. The Kier molecular flexibility index (Phi) is 7.02. The first-order valence-corrected chi connectivity index (χ1v) is 10.3. The van der Waals surface area contributed by atoms with Gasteiger partial charge in [0.05, 0.1) is 17.0 Å². The predicted molar refractivity (Wildman–Crippen MR) is 116 cm³/mol. The fraction of sp³-hybridized carbons (Fsp3) is 0.409. The number of anilines is 2. The fourth-order valence-electron chi connectivity index (χ4n) is 3.84. The van der Waals surface area contributed by atoms with Crippen molar-refractivity contribution in [3.63, 3.8) is 0 Å². The van der Waals surface area contributed by atoms with Crippen LogP contribution >= 0.6 is 0 Å². The van der Waals surface area contributed by atoms with Gasteiger partial charge >= 0.3 is 6.18 Å². The van der Waals surface area contributed by atoms with Gasteiger partial charge in [0, 0.05) is 37.9 Å². The van der Waals surface area contributed by atoms with E-state index in [0.29, 0.717) is 32.2 Å². The van der Waals surface area contributed by atoms with Gasteiger partial charge in [0.1, 0.15) is 5.69 Å². The first-order chi connectivity index (χ1) is 15.1. The van der Waals surface area contributed by atoms with Crippen LogP contribution in [0.5, 0.6) is 0 Å². The van der Waals surface area contributed by atoms with Gasteiger partial charge in [-0.3, -0.25) is 19.8 Å². The molecule has 1 saturated heterocycles. The molecule has 7 nitrogen and oxygen atoms in total. The van der Waals surface area contributed by atoms with Crippen molar-refractivity contribution >= 4 is 23.0 Å². The molecule has 2 aromatic rings. The number of nitro benzene ring substituents is 1. The standard InChI is InChI=1S/C22H25F3N4O3/c1-3-16-6-4-5-15(2)21(16)26-20(30)14-27-9-11-28(12-10-27)18-8-7-17(22(23,24)25)13-19(18)29(31)32/h4-8,13H,3,9-12,14H2,1-2H3,(H,26,30). The molecule has 0 bridgehead atoms. The van der Waals surface area contributed by atoms with E-state index in [4.69, 9.17) is 0 Å². The molecule has 10 heteroatoms. The van der Waals surface area contributed by atoms with E-state index in [1.54, 1.807) is 4.90 Å². The molecule has 1 heterocycles. The summed E-state index contributed by atoms with van der Waals surface area (Å²) in [4.78, 5) is 26.7. The van der Waals surface area contributed by atoms with Gasteiger partial charge in [-0.25, -0.2) is 0 Å². The van der Waals surface area contributed by atoms with E-state index in [1.807, 2.05) is 36.9 Å². The van der Waals surface area contributed by atoms with Gasteiger partial charge in [-0.2, -0.15) is 13.2 Å². The molecule has 32 heavy (non-hydrogen) atoms. The van der Waals surface area contributed by atoms with Crippen LogP contribution in [0.15, 0.2) is 36.4 Å². The van der Waals surface area contributed by atoms with Crippen molar-refractivity contribution in [2.45, 2.75) is 26.4 Å². The zero-order valence-corrected chi connectivity index (χ0v) is 17.9. The highest BCUT2D eigenvalue weighted by atomic mass is 19.4. The minimum Gasteiger partial charge on any atom is -0.363 e. The minimum absolute atomic E-state index is 0.150. The molecule has 0 aromatic heterocycles. The third kappa shape index (κ3) is 5.37. The van der Waals surface area contributed by atoms with Crippen molar-refractivity contribution in [3.05, 3.63) is 63.2 Å². The van der Waals surface area contributed by atoms with Gasteiger partial charge in [-0.05, 0) is 36.6 Å². The Bertz CT molecular complexity index is 1000. The minimum atomic E-state index is -4.65. The summed E-state index contributed by atoms with van der Waals surface area (Å²) in [6.07, 6.45) is -3.86. The number of amides is 1. The Labute approximate surface area is 184 Å². The maximum absolute atomic E-state index is 12.9. The molecule has 0 saturated carbocycles. The summed E-state index contributed by atoms with van der Waals surface area (Å²) in [5.74, 6) is -0.150. The van der Waals surface area contributed by atoms with Crippen molar-refractivity contribution in [3.8, 4) is 0 Å². The Balaban J connectivity index is 1.63. The molecule has 172 valence electrons. The molecule has 1 N–H and O–H groups in total. The van der Waals surface area contributed by atoms with Crippen LogP contribution in [0.3, 0.4) is 0 Å². The van der Waals surface area contributed by atoms with Crippen molar-refractivity contribution in [2.24, 2.45) is 0 Å². The Hall–Kier alpha value is -3.14. The summed E-state index contributed by atoms with van der Waals surface area (Å²) in [7, 11) is 0. The van der Waals surface area contributed by atoms with E-state index in [2.05, 4.69) is 5.32 Å². The quantitative estimate of drug-likeness (QED) is 0.526. The third-order valence-electron chi connectivity index (χ3n) is 5.58. The van der Waals surface area contributed by atoms with Crippen LogP contribution in [0.1, 0.15) is 23.6 Å². The average Bonchev–Trinajstić information content (AvgIpc) is 2.74. The van der Waals surface area contributed by atoms with E-state index in [-0.39, 0.29) is 18.1 Å². The van der Waals surface area contributed by atoms with Crippen LogP contribution < -0.4 is 10.2 Å². The van der Waals surface area contributed by atoms with Crippen molar-refractivity contribution in [1.29, 1.82) is 0 Å². The number of alkyl halides is 3. The van der Waals surface area contributed by atoms with Crippen LogP contribution in [-0.4, -0.2) is 48.5 Å². The number of piperazine rings is 1. The van der Waals surface area contributed by atoms with Crippen LogP contribution in [0.2, 0.25) is 0 Å². The normalized spacial score (nSPS) is 15.0. The van der Waals surface area contributed by atoms with E-state index >= 15 is 0 Å². The number of nitrogens with one attached hydrogen (secondary N) is 1. The summed E-state index contributed by atoms with van der Waals surface area (Å²) in [6.45, 7) is 5.77. The average molecular weight is 450 g/mol. The SMILES string of the molecule is CCc1cccc(C)c1NC(=O)CN1CCN(c2ccc(C(F)(F)F)cc2[N+](=O)[O-])CC1. The Morgan fingerprint density at radius 1 is 1.16 bits per heavy atom. The first kappa shape index (κ1) is 23.5. The number of carbonyl (C=O) groups is 1. The topological polar surface area (TPSA) is 78.7 Å². The van der Waals surface area contributed by atoms with E-state index in [1.165, 1.54) is 0 Å². The molecule has 1 aliphatic rings. The lowest BCUT2D eigenvalue weighted by Crippen LogP contribution is -2.48. The van der Waals surface area contributed by atoms with Crippen LogP contribution in [0, 0.1) is 17.0 Å². The van der Waals surface area contributed by atoms with Gasteiger partial charge in [0.25, 0.3) is 5.69 Å². The van der Waals surface area contributed by atoms with E-state index in [9.17, 15) is 28.1 Å². The summed E-state index contributed by atoms with van der Waals surface area (Å²) in [5.41, 5.74) is 1.39. The number of nitro groups is 1. The number of halogens is 3. The first-order valence-electron chi connectivity index (χ1n) is 10.3. The second kappa shape index (κ2) is 9.56. The van der Waals surface area contributed by atoms with Crippen molar-refractivity contribution in [2.75, 3.05) is 42.9 Å². The monoisotopic (exact) mass is 450 g/mol. The number of rotatable bonds is 6. The summed E-state index contributed by atoms with van der Waals surface area (Å²) in [5, 5.41) is 14.3. The van der Waals surface area contributed by atoms with Crippen LogP contribution in [0.4, 0.5) is 30.2 Å². The van der Waals surface area contributed by atoms with Gasteiger partial charge in [-0.1, -0.05) is 25.1 Å². The molecule has 0 radical (unpaired) electrons. The molecular formula is C22H25F3N4O3. The van der Waals surface area contributed by atoms with Crippen molar-refractivity contribution in [1.82, 2.24) is 4.90 Å². The molecule has 1 aliphatic heterocycles. The van der Waals surface area contributed by atoms with Gasteiger partial charge in [0.2, 0.25) is 5.91 Å². The fourth-order valence-corrected chi connectivity index (χ4v) is 3.84. The van der Waals surface area contributed by atoms with Crippen LogP contribution in [0.25, 0.3) is 0 Å². The number of nitrogens with zero attached hydrogens (tertiary/aromatic N) is 3. The lowest BCUT2D eigenvalue weighted by molar-refractivity contribution is -0.384. The maximum atomic E-state index is 12.9. The summed E-state index contributed by atoms with van der Waals surface area (Å²) in [6, 6.07) is 8.43. The maximum Gasteiger partial charge on any atom is 0.416 e. The highest BCUT2D eigenvalue weighted by Gasteiger charge is 2.34. The molecule has 0 atom stereocenters. The molecule has 1 amide bonds. The molecule has 0 unspecified atom stereocenters. The highest BCUT2D eigenvalue weighted by Crippen LogP contribution is 2.36. The number of benzene rings is 2. The lowest BCUT2D eigenvalue weighted by Gasteiger charge is -2.35. The molecule has 2 aromatic carbocycles. The van der Waals surface area contributed by atoms with Crippen LogP contribution in [-0.2, 0) is 17.4 Å². The molecule has 3 rings (SSSR count). The second-order valence-electron chi connectivity index (χ2n) is 7.73. The zero-order chi connectivity index (χ0) is 23.5. The second-order valence-corrected chi connectivity index (χ2v) is 7.73. The van der Waals surface area contributed by atoms with Gasteiger partial charge in [0.15, 0.2) is 0 Å². The van der Waals surface area contributed by atoms with Gasteiger partial charge in [-0.15, -0.1) is 0 Å². The van der Waals surface area contributed by atoms with Crippen molar-refractivity contribution < 1.29 is 22.9 Å². The molecular weight excluding hydrogens is 425 g/mol. The number of para-hydroxylation sites is 1. The largest absolute Gasteiger partial charge is 0.416 e. The molecule has 0 aliphatic carbocycles. The molecule has 1 fully saturated rings. The smallest absolute Gasteiger partial charge is 0.363 e. The zero-order valence-electron chi connectivity index (χ0n) is 17.9. The Morgan fingerprint density at radius 3 is 2.44 bits per heavy atom. The number of aryl methyl sites for hydroxylation is 2. The van der Waals surface area contributed by atoms with E-state index in [0.717, 1.165) is 35.4 Å². The van der Waals surface area contributed by atoms with Gasteiger partial charge < -0.3 is 10.2 Å². The third-order valence-corrected chi connectivity index (χ3v) is 5.58. The van der Waals surface area contributed by atoms with E-state index < -0.39 is 22.4 Å². The number of carbonyl (C=O) groups excluding carboxylic acids is 1. The number of hydrogen-bond donors (Lipinski definition) is 1. The summed E-state index contributed by atoms with van der Waals surface area (Å²) < 4.78 is 38.8. The lowest BCUT2D eigenvalue weighted by atomic mass is 10.1. The molecule has 0 spiro atoms. The predicted octanol–water partition coefficient (Wildman–Crippen LogP) is 4.25.